The second-order valence-corrected chi connectivity index (χ2v) is 4.80. The molecule has 0 spiro atoms. The molecule has 0 bridgehead atoms. The van der Waals surface area contributed by atoms with Crippen LogP contribution in [0.2, 0.25) is 0 Å². The lowest BCUT2D eigenvalue weighted by Crippen LogP contribution is -2.13. The third-order valence-corrected chi connectivity index (χ3v) is 3.19. The van der Waals surface area contributed by atoms with Crippen LogP contribution in [0.4, 0.5) is 11.4 Å². The quantitative estimate of drug-likeness (QED) is 0.706. The number of aromatic nitrogens is 2. The Hall–Kier alpha value is -2.95. The van der Waals surface area contributed by atoms with Crippen LogP contribution in [-0.2, 0) is 0 Å². The first-order chi connectivity index (χ1) is 10.1. The van der Waals surface area contributed by atoms with E-state index in [1.54, 1.807) is 36.7 Å². The maximum atomic E-state index is 12.3. The molecule has 3 N–H and O–H groups in total. The first kappa shape index (κ1) is 13.1. The number of anilines is 2. The molecule has 0 atom stereocenters. The number of rotatable bonds is 2. The summed E-state index contributed by atoms with van der Waals surface area (Å²) >= 11 is 0. The average Bonchev–Trinajstić information content (AvgIpc) is 2.50. The fourth-order valence-electron chi connectivity index (χ4n) is 2.08. The summed E-state index contributed by atoms with van der Waals surface area (Å²) in [5.41, 5.74) is 10.0. The topological polar surface area (TPSA) is 80.9 Å². The lowest BCUT2D eigenvalue weighted by molar-refractivity contribution is 0.102. The van der Waals surface area contributed by atoms with E-state index in [1.807, 2.05) is 19.1 Å². The van der Waals surface area contributed by atoms with Gasteiger partial charge in [0.05, 0.1) is 22.4 Å². The van der Waals surface area contributed by atoms with Gasteiger partial charge in [-0.25, -0.2) is 0 Å². The molecule has 3 aromatic rings. The van der Waals surface area contributed by atoms with E-state index in [-0.39, 0.29) is 5.91 Å². The minimum atomic E-state index is -0.222. The van der Waals surface area contributed by atoms with Crippen molar-refractivity contribution in [2.75, 3.05) is 11.1 Å². The third-order valence-electron chi connectivity index (χ3n) is 3.19. The van der Waals surface area contributed by atoms with Gasteiger partial charge in [-0.3, -0.25) is 14.8 Å². The van der Waals surface area contributed by atoms with Crippen LogP contribution in [0.15, 0.2) is 48.8 Å². The summed E-state index contributed by atoms with van der Waals surface area (Å²) in [6.07, 6.45) is 3.22. The molecule has 1 aromatic heterocycles. The first-order valence-corrected chi connectivity index (χ1v) is 6.52. The van der Waals surface area contributed by atoms with E-state index in [0.29, 0.717) is 22.5 Å². The van der Waals surface area contributed by atoms with E-state index in [4.69, 9.17) is 5.73 Å². The number of hydrogen-bond acceptors (Lipinski definition) is 4. The summed E-state index contributed by atoms with van der Waals surface area (Å²) in [5, 5.41) is 2.82. The van der Waals surface area contributed by atoms with Gasteiger partial charge >= 0.3 is 0 Å². The van der Waals surface area contributed by atoms with Gasteiger partial charge in [-0.15, -0.1) is 0 Å². The van der Waals surface area contributed by atoms with Crippen molar-refractivity contribution in [1.29, 1.82) is 0 Å². The molecule has 0 aliphatic rings. The lowest BCUT2D eigenvalue weighted by Gasteiger charge is -2.09. The molecule has 0 aliphatic carbocycles. The summed E-state index contributed by atoms with van der Waals surface area (Å²) in [6, 6.07) is 10.7. The number of carbonyl (C=O) groups excluding carboxylic acids is 1. The summed E-state index contributed by atoms with van der Waals surface area (Å²) in [6.45, 7) is 1.95. The van der Waals surface area contributed by atoms with Crippen LogP contribution in [-0.4, -0.2) is 15.9 Å². The number of nitrogens with two attached hydrogens (primary N) is 1. The van der Waals surface area contributed by atoms with E-state index in [1.165, 1.54) is 0 Å². The Kier molecular flexibility index (Phi) is 3.23. The van der Waals surface area contributed by atoms with Gasteiger partial charge in [0.1, 0.15) is 0 Å². The molecule has 0 fully saturated rings. The highest BCUT2D eigenvalue weighted by Crippen LogP contribution is 2.21. The fourth-order valence-corrected chi connectivity index (χ4v) is 2.08. The zero-order valence-corrected chi connectivity index (χ0v) is 11.5. The van der Waals surface area contributed by atoms with Crippen molar-refractivity contribution in [3.05, 3.63) is 59.9 Å². The molecule has 3 rings (SSSR count). The van der Waals surface area contributed by atoms with Gasteiger partial charge in [-0.05, 0) is 42.8 Å². The molecular weight excluding hydrogens is 264 g/mol. The zero-order valence-electron chi connectivity index (χ0n) is 11.5. The standard InChI is InChI=1S/C16H14N4O/c1-10-2-4-12(17)14(8-10)20-16(21)11-3-5-13-15(9-11)19-7-6-18-13/h2-9H,17H2,1H3,(H,20,21). The van der Waals surface area contributed by atoms with Crippen molar-refractivity contribution in [3.8, 4) is 0 Å². The lowest BCUT2D eigenvalue weighted by atomic mass is 10.1. The van der Waals surface area contributed by atoms with Crippen LogP contribution in [0.1, 0.15) is 15.9 Å². The Morgan fingerprint density at radius 2 is 1.81 bits per heavy atom. The van der Waals surface area contributed by atoms with Crippen molar-refractivity contribution < 1.29 is 4.79 Å². The minimum absolute atomic E-state index is 0.222. The van der Waals surface area contributed by atoms with E-state index in [2.05, 4.69) is 15.3 Å². The van der Waals surface area contributed by atoms with Gasteiger partial charge in [0.25, 0.3) is 5.91 Å². The van der Waals surface area contributed by atoms with Gasteiger partial charge < -0.3 is 11.1 Å². The molecule has 1 heterocycles. The normalized spacial score (nSPS) is 10.5. The summed E-state index contributed by atoms with van der Waals surface area (Å²) in [7, 11) is 0. The summed E-state index contributed by atoms with van der Waals surface area (Å²) in [4.78, 5) is 20.7. The monoisotopic (exact) mass is 278 g/mol. The molecule has 1 amide bonds. The highest BCUT2D eigenvalue weighted by Gasteiger charge is 2.09. The highest BCUT2D eigenvalue weighted by atomic mass is 16.1. The molecule has 0 unspecified atom stereocenters. The van der Waals surface area contributed by atoms with Crippen LogP contribution >= 0.6 is 0 Å². The summed E-state index contributed by atoms with van der Waals surface area (Å²) < 4.78 is 0. The van der Waals surface area contributed by atoms with Gasteiger partial charge in [0.2, 0.25) is 0 Å². The van der Waals surface area contributed by atoms with Crippen LogP contribution < -0.4 is 11.1 Å². The molecule has 0 radical (unpaired) electrons. The number of carbonyl (C=O) groups is 1. The van der Waals surface area contributed by atoms with E-state index < -0.39 is 0 Å². The molecule has 0 aliphatic heterocycles. The number of amides is 1. The number of nitrogens with zero attached hydrogens (tertiary/aromatic N) is 2. The number of benzene rings is 2. The molecule has 0 saturated carbocycles. The number of hydrogen-bond donors (Lipinski definition) is 2. The largest absolute Gasteiger partial charge is 0.397 e. The first-order valence-electron chi connectivity index (χ1n) is 6.52. The predicted molar refractivity (Wildman–Crippen MR) is 83.1 cm³/mol. The Morgan fingerprint density at radius 1 is 1.05 bits per heavy atom. The Bertz CT molecular complexity index is 829. The Labute approximate surface area is 121 Å². The number of fused-ring (bicyclic) bond motifs is 1. The molecule has 104 valence electrons. The molecular formula is C16H14N4O. The maximum absolute atomic E-state index is 12.3. The third kappa shape index (κ3) is 2.67. The smallest absolute Gasteiger partial charge is 0.255 e. The van der Waals surface area contributed by atoms with Crippen molar-refractivity contribution in [2.45, 2.75) is 6.92 Å². The zero-order chi connectivity index (χ0) is 14.8. The van der Waals surface area contributed by atoms with Crippen LogP contribution in [0.3, 0.4) is 0 Å². The second kappa shape index (κ2) is 5.20. The summed E-state index contributed by atoms with van der Waals surface area (Å²) in [5.74, 6) is -0.222. The van der Waals surface area contributed by atoms with Crippen molar-refractivity contribution in [1.82, 2.24) is 9.97 Å². The Balaban J connectivity index is 1.91. The van der Waals surface area contributed by atoms with E-state index >= 15 is 0 Å². The number of nitrogen functional groups attached to an aromatic ring is 1. The fraction of sp³-hybridized carbons (Fsp3) is 0.0625. The molecule has 0 saturated heterocycles. The van der Waals surface area contributed by atoms with Crippen molar-refractivity contribution in [2.24, 2.45) is 0 Å². The Morgan fingerprint density at radius 3 is 2.62 bits per heavy atom. The predicted octanol–water partition coefficient (Wildman–Crippen LogP) is 2.77. The second-order valence-electron chi connectivity index (χ2n) is 4.80. The molecule has 2 aromatic carbocycles. The van der Waals surface area contributed by atoms with Crippen LogP contribution in [0, 0.1) is 6.92 Å². The van der Waals surface area contributed by atoms with E-state index in [0.717, 1.165) is 11.1 Å². The van der Waals surface area contributed by atoms with Gasteiger partial charge in [-0.1, -0.05) is 6.07 Å². The van der Waals surface area contributed by atoms with Crippen molar-refractivity contribution >= 4 is 28.3 Å². The minimum Gasteiger partial charge on any atom is -0.397 e. The van der Waals surface area contributed by atoms with Crippen LogP contribution in [0.25, 0.3) is 11.0 Å². The molecule has 5 heteroatoms. The van der Waals surface area contributed by atoms with Crippen LogP contribution in [0.5, 0.6) is 0 Å². The maximum Gasteiger partial charge on any atom is 0.255 e. The van der Waals surface area contributed by atoms with E-state index in [9.17, 15) is 4.79 Å². The SMILES string of the molecule is Cc1ccc(N)c(NC(=O)c2ccc3nccnc3c2)c1. The number of aryl methyl sites for hydroxylation is 1. The molecule has 21 heavy (non-hydrogen) atoms. The van der Waals surface area contributed by atoms with Crippen molar-refractivity contribution in [3.63, 3.8) is 0 Å². The molecule has 5 nitrogen and oxygen atoms in total. The highest BCUT2D eigenvalue weighted by molar-refractivity contribution is 6.07. The van der Waals surface area contributed by atoms with Gasteiger partial charge in [-0.2, -0.15) is 0 Å². The average molecular weight is 278 g/mol. The van der Waals surface area contributed by atoms with Gasteiger partial charge in [0, 0.05) is 18.0 Å². The number of nitrogens with one attached hydrogen (secondary N) is 1. The van der Waals surface area contributed by atoms with Gasteiger partial charge in [0.15, 0.2) is 0 Å².